The Morgan fingerprint density at radius 2 is 1.53 bits per heavy atom. The number of esters is 1. The zero-order valence-electron chi connectivity index (χ0n) is 20.2. The highest BCUT2D eigenvalue weighted by Crippen LogP contribution is 2.42. The number of methoxy groups -OCH3 is 1. The summed E-state index contributed by atoms with van der Waals surface area (Å²) in [6.45, 7) is 1.99. The molecule has 0 fully saturated rings. The smallest absolute Gasteiger partial charge is 0.338 e. The fraction of sp³-hybridized carbons (Fsp3) is 0.179. The first-order valence-electron chi connectivity index (χ1n) is 11.4. The van der Waals surface area contributed by atoms with Gasteiger partial charge in [-0.3, -0.25) is 24.8 Å². The predicted octanol–water partition coefficient (Wildman–Crippen LogP) is 4.25. The Hall–Kier alpha value is -4.43. The number of rotatable bonds is 9. The average Bonchev–Trinajstić information content (AvgIpc) is 3.21. The summed E-state index contributed by atoms with van der Waals surface area (Å²) in [7, 11) is 2.93. The number of ketones is 1. The number of benzene rings is 3. The van der Waals surface area contributed by atoms with E-state index in [1.165, 1.54) is 12.0 Å². The Bertz CT molecular complexity index is 1280. The molecule has 1 amide bonds. The van der Waals surface area contributed by atoms with E-state index in [1.54, 1.807) is 62.6 Å². The van der Waals surface area contributed by atoms with E-state index in [0.29, 0.717) is 22.6 Å². The molecule has 8 nitrogen and oxygen atoms in total. The van der Waals surface area contributed by atoms with Crippen molar-refractivity contribution in [2.75, 3.05) is 25.7 Å². The maximum Gasteiger partial charge on any atom is 0.338 e. The number of hydroxylamine groups is 1. The Morgan fingerprint density at radius 1 is 0.889 bits per heavy atom. The highest BCUT2D eigenvalue weighted by molar-refractivity contribution is 6.21. The molecular formula is C28H26N2O6. The van der Waals surface area contributed by atoms with Crippen LogP contribution < -0.4 is 15.1 Å². The number of hydrogen-bond donors (Lipinski definition) is 1. The lowest BCUT2D eigenvalue weighted by atomic mass is 9.92. The zero-order chi connectivity index (χ0) is 25.7. The van der Waals surface area contributed by atoms with Crippen LogP contribution in [0.15, 0.2) is 90.1 Å². The minimum absolute atomic E-state index is 0.0432. The molecule has 3 aromatic rings. The van der Waals surface area contributed by atoms with Crippen molar-refractivity contribution < 1.29 is 28.7 Å². The van der Waals surface area contributed by atoms with Crippen LogP contribution in [0.4, 0.5) is 5.69 Å². The van der Waals surface area contributed by atoms with Crippen molar-refractivity contribution in [3.63, 3.8) is 0 Å². The monoisotopic (exact) mass is 486 g/mol. The third-order valence-corrected chi connectivity index (χ3v) is 5.81. The molecule has 0 saturated heterocycles. The highest BCUT2D eigenvalue weighted by atomic mass is 16.6. The second-order valence-electron chi connectivity index (χ2n) is 7.91. The Labute approximate surface area is 209 Å². The highest BCUT2D eigenvalue weighted by Gasteiger charge is 2.44. The quantitative estimate of drug-likeness (QED) is 0.275. The van der Waals surface area contributed by atoms with Crippen molar-refractivity contribution in [3.05, 3.63) is 107 Å². The molecule has 0 aliphatic carbocycles. The van der Waals surface area contributed by atoms with Crippen LogP contribution in [0.2, 0.25) is 0 Å². The number of Topliss-reactive ketones (excluding diaryl/α,β-unsaturated/α-hetero) is 1. The minimum atomic E-state index is -0.737. The summed E-state index contributed by atoms with van der Waals surface area (Å²) in [4.78, 5) is 46.3. The number of hydrogen-bond acceptors (Lipinski definition) is 7. The van der Waals surface area contributed by atoms with E-state index in [1.807, 2.05) is 30.3 Å². The SMILES string of the molecule is CCOC(=O)c1ccc(N2C(=O)C(NOC)=C(C(=O)c3ccc(OC)cc3)C2c2ccccc2)cc1. The molecule has 1 unspecified atom stereocenters. The molecule has 1 N–H and O–H groups in total. The predicted molar refractivity (Wildman–Crippen MR) is 134 cm³/mol. The van der Waals surface area contributed by atoms with Gasteiger partial charge in [0, 0.05) is 11.3 Å². The van der Waals surface area contributed by atoms with Gasteiger partial charge in [-0.1, -0.05) is 30.3 Å². The number of anilines is 1. The standard InChI is InChI=1S/C28H26N2O6/c1-4-36-28(33)20-10-14-21(15-11-20)30-25(18-8-6-5-7-9-18)23(24(27(30)32)29-35-3)26(31)19-12-16-22(34-2)17-13-19/h5-17,25,29H,4H2,1-3H3. The molecule has 8 heteroatoms. The number of nitrogens with one attached hydrogen (secondary N) is 1. The van der Waals surface area contributed by atoms with Gasteiger partial charge < -0.3 is 9.47 Å². The number of nitrogens with zero attached hydrogens (tertiary/aromatic N) is 1. The van der Waals surface area contributed by atoms with Crippen LogP contribution in [0.25, 0.3) is 0 Å². The first kappa shape index (κ1) is 24.7. The number of amides is 1. The minimum Gasteiger partial charge on any atom is -0.497 e. The van der Waals surface area contributed by atoms with Crippen molar-refractivity contribution in [2.45, 2.75) is 13.0 Å². The summed E-state index contributed by atoms with van der Waals surface area (Å²) in [6, 6.07) is 21.7. The first-order valence-corrected chi connectivity index (χ1v) is 11.4. The van der Waals surface area contributed by atoms with Gasteiger partial charge in [-0.15, -0.1) is 0 Å². The second-order valence-corrected chi connectivity index (χ2v) is 7.91. The summed E-state index contributed by atoms with van der Waals surface area (Å²) in [5, 5.41) is 0. The lowest BCUT2D eigenvalue weighted by Gasteiger charge is -2.27. The van der Waals surface area contributed by atoms with Crippen LogP contribution in [0.1, 0.15) is 39.2 Å². The van der Waals surface area contributed by atoms with E-state index in [4.69, 9.17) is 14.3 Å². The van der Waals surface area contributed by atoms with Gasteiger partial charge in [-0.05, 0) is 61.0 Å². The maximum atomic E-state index is 13.8. The molecule has 0 radical (unpaired) electrons. The largest absolute Gasteiger partial charge is 0.497 e. The summed E-state index contributed by atoms with van der Waals surface area (Å²) >= 11 is 0. The van der Waals surface area contributed by atoms with E-state index in [2.05, 4.69) is 5.48 Å². The van der Waals surface area contributed by atoms with Crippen LogP contribution in [-0.2, 0) is 14.4 Å². The Kier molecular flexibility index (Phi) is 7.46. The maximum absolute atomic E-state index is 13.8. The normalized spacial score (nSPS) is 15.1. The molecule has 0 aromatic heterocycles. The average molecular weight is 487 g/mol. The zero-order valence-corrected chi connectivity index (χ0v) is 20.2. The summed E-state index contributed by atoms with van der Waals surface area (Å²) < 4.78 is 10.3. The summed E-state index contributed by atoms with van der Waals surface area (Å²) in [5.41, 5.74) is 4.93. The van der Waals surface area contributed by atoms with Gasteiger partial charge in [0.15, 0.2) is 5.78 Å². The summed E-state index contributed by atoms with van der Waals surface area (Å²) in [5.74, 6) is -0.607. The van der Waals surface area contributed by atoms with E-state index in [0.717, 1.165) is 5.56 Å². The molecule has 0 bridgehead atoms. The van der Waals surface area contributed by atoms with Gasteiger partial charge in [-0.2, -0.15) is 0 Å². The van der Waals surface area contributed by atoms with Gasteiger partial charge in [0.2, 0.25) is 0 Å². The Morgan fingerprint density at radius 3 is 2.11 bits per heavy atom. The molecule has 3 aromatic carbocycles. The van der Waals surface area contributed by atoms with E-state index >= 15 is 0 Å². The fourth-order valence-electron chi connectivity index (χ4n) is 4.14. The van der Waals surface area contributed by atoms with Crippen molar-refractivity contribution in [1.29, 1.82) is 0 Å². The topological polar surface area (TPSA) is 94.2 Å². The van der Waals surface area contributed by atoms with Crippen LogP contribution >= 0.6 is 0 Å². The van der Waals surface area contributed by atoms with E-state index in [9.17, 15) is 14.4 Å². The fourth-order valence-corrected chi connectivity index (χ4v) is 4.14. The molecular weight excluding hydrogens is 460 g/mol. The van der Waals surface area contributed by atoms with Crippen LogP contribution in [0.3, 0.4) is 0 Å². The second kappa shape index (κ2) is 10.9. The lowest BCUT2D eigenvalue weighted by molar-refractivity contribution is -0.116. The third kappa shape index (κ3) is 4.71. The first-order chi connectivity index (χ1) is 17.5. The Balaban J connectivity index is 1.82. The van der Waals surface area contributed by atoms with Crippen molar-refractivity contribution >= 4 is 23.3 Å². The molecule has 184 valence electrons. The van der Waals surface area contributed by atoms with Gasteiger partial charge in [0.05, 0.1) is 38.0 Å². The van der Waals surface area contributed by atoms with Crippen LogP contribution in [0, 0.1) is 0 Å². The van der Waals surface area contributed by atoms with E-state index in [-0.39, 0.29) is 23.7 Å². The van der Waals surface area contributed by atoms with Gasteiger partial charge >= 0.3 is 5.97 Å². The molecule has 1 atom stereocenters. The van der Waals surface area contributed by atoms with Crippen molar-refractivity contribution in [1.82, 2.24) is 5.48 Å². The number of carbonyl (C=O) groups is 3. The molecule has 0 saturated carbocycles. The van der Waals surface area contributed by atoms with E-state index < -0.39 is 17.9 Å². The third-order valence-electron chi connectivity index (χ3n) is 5.81. The lowest BCUT2D eigenvalue weighted by Crippen LogP contribution is -2.32. The molecule has 4 rings (SSSR count). The molecule has 1 aliphatic heterocycles. The molecule has 0 spiro atoms. The molecule has 1 aliphatic rings. The summed E-state index contributed by atoms with van der Waals surface area (Å²) in [6.07, 6.45) is 0. The number of ether oxygens (including phenoxy) is 2. The van der Waals surface area contributed by atoms with Crippen molar-refractivity contribution in [3.8, 4) is 5.75 Å². The van der Waals surface area contributed by atoms with Gasteiger partial charge in [0.1, 0.15) is 11.4 Å². The molecule has 1 heterocycles. The number of carbonyl (C=O) groups excluding carboxylic acids is 3. The van der Waals surface area contributed by atoms with Crippen LogP contribution in [-0.4, -0.2) is 38.5 Å². The van der Waals surface area contributed by atoms with Crippen molar-refractivity contribution in [2.24, 2.45) is 0 Å². The molecule has 36 heavy (non-hydrogen) atoms. The van der Waals surface area contributed by atoms with Crippen LogP contribution in [0.5, 0.6) is 5.75 Å². The van der Waals surface area contributed by atoms with Gasteiger partial charge in [0.25, 0.3) is 5.91 Å². The van der Waals surface area contributed by atoms with Gasteiger partial charge in [-0.25, -0.2) is 4.79 Å².